The Morgan fingerprint density at radius 3 is 2.74 bits per heavy atom. The monoisotopic (exact) mass is 496 g/mol. The van der Waals surface area contributed by atoms with Crippen molar-refractivity contribution in [2.75, 3.05) is 24.2 Å². The van der Waals surface area contributed by atoms with Crippen molar-refractivity contribution in [2.24, 2.45) is 0 Å². The van der Waals surface area contributed by atoms with Gasteiger partial charge in [0.1, 0.15) is 10.7 Å². The molecule has 34 heavy (non-hydrogen) atoms. The summed E-state index contributed by atoms with van der Waals surface area (Å²) in [6.45, 7) is 1.53. The van der Waals surface area contributed by atoms with Gasteiger partial charge in [-0.2, -0.15) is 0 Å². The Morgan fingerprint density at radius 2 is 1.88 bits per heavy atom. The van der Waals surface area contributed by atoms with Crippen molar-refractivity contribution in [3.63, 3.8) is 0 Å². The lowest BCUT2D eigenvalue weighted by Crippen LogP contribution is -2.36. The normalized spacial score (nSPS) is 15.8. The number of benzene rings is 1. The number of likely N-dealkylation sites (tertiary alicyclic amines) is 1. The van der Waals surface area contributed by atoms with Gasteiger partial charge in [-0.1, -0.05) is 12.1 Å². The quantitative estimate of drug-likeness (QED) is 0.529. The van der Waals surface area contributed by atoms with E-state index in [0.29, 0.717) is 22.8 Å². The second kappa shape index (κ2) is 10.3. The van der Waals surface area contributed by atoms with E-state index in [1.54, 1.807) is 23.5 Å². The smallest absolute Gasteiger partial charge is 0.259 e. The molecule has 3 aromatic rings. The molecule has 1 fully saturated rings. The number of hydrogen-bond acceptors (Lipinski definition) is 6. The van der Waals surface area contributed by atoms with E-state index in [1.807, 2.05) is 17.0 Å². The summed E-state index contributed by atoms with van der Waals surface area (Å²) in [4.78, 5) is 49.8. The number of H-pyrrole nitrogens is 1. The van der Waals surface area contributed by atoms with E-state index in [4.69, 9.17) is 0 Å². The van der Waals surface area contributed by atoms with Crippen LogP contribution in [0.15, 0.2) is 29.1 Å². The van der Waals surface area contributed by atoms with Crippen molar-refractivity contribution in [3.8, 4) is 0 Å². The molecule has 2 N–H and O–H groups in total. The molecule has 7 nitrogen and oxygen atoms in total. The number of nitrogens with zero attached hydrogens (tertiary/aromatic N) is 2. The summed E-state index contributed by atoms with van der Waals surface area (Å²) in [5.41, 5.74) is 2.17. The van der Waals surface area contributed by atoms with Crippen LogP contribution in [0.3, 0.4) is 0 Å². The highest BCUT2D eigenvalue weighted by Crippen LogP contribution is 2.33. The first-order valence-corrected chi connectivity index (χ1v) is 13.9. The fourth-order valence-electron chi connectivity index (χ4n) is 4.75. The molecule has 5 rings (SSSR count). The molecule has 2 aromatic heterocycles. The highest BCUT2D eigenvalue weighted by atomic mass is 32.2. The van der Waals surface area contributed by atoms with Gasteiger partial charge < -0.3 is 15.2 Å². The SMILES string of the molecule is O=C(CSCc1nc2sc3c(c2c(=O)[nH]1)CCCC3)Nc1ccccc1C(=O)N1CCCCC1. The molecular formula is C25H28N4O3S2. The number of aromatic nitrogens is 2. The molecule has 0 radical (unpaired) electrons. The van der Waals surface area contributed by atoms with Crippen LogP contribution in [0.5, 0.6) is 0 Å². The van der Waals surface area contributed by atoms with Crippen LogP contribution < -0.4 is 10.9 Å². The number of hydrogen-bond donors (Lipinski definition) is 2. The Labute approximate surface area is 206 Å². The molecule has 0 unspecified atom stereocenters. The third-order valence-electron chi connectivity index (χ3n) is 6.42. The van der Waals surface area contributed by atoms with Crippen molar-refractivity contribution >= 4 is 50.8 Å². The molecule has 1 aliphatic carbocycles. The van der Waals surface area contributed by atoms with Gasteiger partial charge in [0.2, 0.25) is 5.91 Å². The van der Waals surface area contributed by atoms with Gasteiger partial charge in [-0.15, -0.1) is 23.1 Å². The van der Waals surface area contributed by atoms with Crippen LogP contribution in [0.4, 0.5) is 5.69 Å². The molecule has 0 saturated carbocycles. The summed E-state index contributed by atoms with van der Waals surface area (Å²) >= 11 is 3.02. The predicted octanol–water partition coefficient (Wildman–Crippen LogP) is 4.36. The standard InChI is InChI=1S/C25H28N4O3S2/c30-21(26-18-10-4-2-8-16(18)25(32)29-12-6-1-7-13-29)15-33-14-20-27-23(31)22-17-9-3-5-11-19(17)34-24(22)28-20/h2,4,8,10H,1,3,5-7,9,11-15H2,(H,26,30)(H,27,28,31). The van der Waals surface area contributed by atoms with E-state index in [0.717, 1.165) is 61.8 Å². The molecule has 1 aliphatic heterocycles. The van der Waals surface area contributed by atoms with Crippen molar-refractivity contribution in [3.05, 3.63) is 56.4 Å². The lowest BCUT2D eigenvalue weighted by molar-refractivity contribution is -0.113. The van der Waals surface area contributed by atoms with E-state index in [2.05, 4.69) is 15.3 Å². The number of thiophene rings is 1. The summed E-state index contributed by atoms with van der Waals surface area (Å²) in [6, 6.07) is 7.18. The summed E-state index contributed by atoms with van der Waals surface area (Å²) in [5, 5.41) is 3.64. The predicted molar refractivity (Wildman–Crippen MR) is 138 cm³/mol. The van der Waals surface area contributed by atoms with Crippen molar-refractivity contribution in [2.45, 2.75) is 50.7 Å². The van der Waals surface area contributed by atoms with Gasteiger partial charge in [0, 0.05) is 18.0 Å². The van der Waals surface area contributed by atoms with E-state index >= 15 is 0 Å². The molecule has 1 aromatic carbocycles. The second-order valence-corrected chi connectivity index (χ2v) is 10.9. The first kappa shape index (κ1) is 23.1. The summed E-state index contributed by atoms with van der Waals surface area (Å²) < 4.78 is 0. The fourth-order valence-corrected chi connectivity index (χ4v) is 6.72. The Kier molecular flexibility index (Phi) is 7.01. The lowest BCUT2D eigenvalue weighted by atomic mass is 9.97. The maximum absolute atomic E-state index is 12.9. The molecule has 1 saturated heterocycles. The molecule has 178 valence electrons. The Balaban J connectivity index is 1.21. The number of carbonyl (C=O) groups is 2. The van der Waals surface area contributed by atoms with Crippen LogP contribution >= 0.6 is 23.1 Å². The Morgan fingerprint density at radius 1 is 1.09 bits per heavy atom. The van der Waals surface area contributed by atoms with Gasteiger partial charge in [-0.3, -0.25) is 14.4 Å². The molecule has 0 bridgehead atoms. The number of rotatable bonds is 6. The van der Waals surface area contributed by atoms with Gasteiger partial charge in [0.25, 0.3) is 11.5 Å². The Bertz CT molecular complexity index is 1280. The molecule has 0 atom stereocenters. The average Bonchev–Trinajstić information content (AvgIpc) is 3.23. The number of fused-ring (bicyclic) bond motifs is 3. The molecule has 2 aliphatic rings. The summed E-state index contributed by atoms with van der Waals surface area (Å²) in [7, 11) is 0. The summed E-state index contributed by atoms with van der Waals surface area (Å²) in [5.74, 6) is 1.02. The maximum Gasteiger partial charge on any atom is 0.259 e. The van der Waals surface area contributed by atoms with Crippen LogP contribution in [-0.4, -0.2) is 45.5 Å². The lowest BCUT2D eigenvalue weighted by Gasteiger charge is -2.27. The van der Waals surface area contributed by atoms with Gasteiger partial charge in [-0.05, 0) is 62.6 Å². The molecule has 0 spiro atoms. The average molecular weight is 497 g/mol. The number of piperidine rings is 1. The van der Waals surface area contributed by atoms with E-state index in [9.17, 15) is 14.4 Å². The third-order valence-corrected chi connectivity index (χ3v) is 8.55. The van der Waals surface area contributed by atoms with Gasteiger partial charge in [0.15, 0.2) is 0 Å². The Hall–Kier alpha value is -2.65. The third kappa shape index (κ3) is 4.90. The number of thioether (sulfide) groups is 1. The largest absolute Gasteiger partial charge is 0.339 e. The zero-order valence-electron chi connectivity index (χ0n) is 19.0. The number of carbonyl (C=O) groups excluding carboxylic acids is 2. The first-order valence-electron chi connectivity index (χ1n) is 11.9. The second-order valence-electron chi connectivity index (χ2n) is 8.84. The zero-order valence-corrected chi connectivity index (χ0v) is 20.7. The van der Waals surface area contributed by atoms with Crippen LogP contribution in [-0.2, 0) is 23.4 Å². The van der Waals surface area contributed by atoms with E-state index in [-0.39, 0.29) is 23.1 Å². The number of amides is 2. The van der Waals surface area contributed by atoms with Crippen LogP contribution in [0.1, 0.15) is 58.7 Å². The first-order chi connectivity index (χ1) is 16.6. The minimum Gasteiger partial charge on any atom is -0.339 e. The number of aryl methyl sites for hydroxylation is 2. The maximum atomic E-state index is 12.9. The highest BCUT2D eigenvalue weighted by Gasteiger charge is 2.22. The molecular weight excluding hydrogens is 468 g/mol. The number of para-hydroxylation sites is 1. The van der Waals surface area contributed by atoms with Gasteiger partial charge in [0.05, 0.1) is 28.1 Å². The van der Waals surface area contributed by atoms with E-state index < -0.39 is 0 Å². The van der Waals surface area contributed by atoms with Crippen molar-refractivity contribution in [1.82, 2.24) is 14.9 Å². The molecule has 2 amide bonds. The number of nitrogens with one attached hydrogen (secondary N) is 2. The van der Waals surface area contributed by atoms with Gasteiger partial charge in [-0.25, -0.2) is 4.98 Å². The molecule has 9 heteroatoms. The van der Waals surface area contributed by atoms with Crippen LogP contribution in [0.25, 0.3) is 10.2 Å². The van der Waals surface area contributed by atoms with Gasteiger partial charge >= 0.3 is 0 Å². The minimum absolute atomic E-state index is 0.0306. The zero-order chi connectivity index (χ0) is 23.5. The molecule has 3 heterocycles. The van der Waals surface area contributed by atoms with Crippen molar-refractivity contribution in [1.29, 1.82) is 0 Å². The number of aromatic amines is 1. The van der Waals surface area contributed by atoms with E-state index in [1.165, 1.54) is 28.6 Å². The fraction of sp³-hybridized carbons (Fsp3) is 0.440. The topological polar surface area (TPSA) is 95.2 Å². The van der Waals surface area contributed by atoms with Crippen LogP contribution in [0.2, 0.25) is 0 Å². The van der Waals surface area contributed by atoms with Crippen LogP contribution in [0, 0.1) is 0 Å². The highest BCUT2D eigenvalue weighted by molar-refractivity contribution is 7.99. The van der Waals surface area contributed by atoms with Crippen molar-refractivity contribution < 1.29 is 9.59 Å². The summed E-state index contributed by atoms with van der Waals surface area (Å²) in [6.07, 6.45) is 7.47. The number of anilines is 1. The minimum atomic E-state index is -0.182.